The molecule has 0 aromatic heterocycles. The monoisotopic (exact) mass is 325 g/mol. The predicted molar refractivity (Wildman–Crippen MR) is 93.4 cm³/mol. The third-order valence-corrected chi connectivity index (χ3v) is 5.20. The Balaban J connectivity index is 1.74. The van der Waals surface area contributed by atoms with Gasteiger partial charge >= 0.3 is 0 Å². The van der Waals surface area contributed by atoms with E-state index in [9.17, 15) is 9.90 Å². The van der Waals surface area contributed by atoms with E-state index in [1.54, 1.807) is 0 Å². The Morgan fingerprint density at radius 2 is 1.78 bits per heavy atom. The third kappa shape index (κ3) is 6.05. The lowest BCUT2D eigenvalue weighted by Gasteiger charge is -2.31. The second-order valence-corrected chi connectivity index (χ2v) is 8.40. The normalized spacial score (nSPS) is 26.8. The molecule has 0 aliphatic carbocycles. The van der Waals surface area contributed by atoms with E-state index in [1.807, 2.05) is 0 Å². The Hall–Kier alpha value is -0.650. The minimum Gasteiger partial charge on any atom is -0.395 e. The summed E-state index contributed by atoms with van der Waals surface area (Å²) in [6.07, 6.45) is 5.65. The Kier molecular flexibility index (Phi) is 6.86. The molecule has 2 heterocycles. The summed E-state index contributed by atoms with van der Waals surface area (Å²) in [6.45, 7) is 11.3. The molecular formula is C18H35N3O2. The number of likely N-dealkylation sites (tertiary alicyclic amines) is 2. The van der Waals surface area contributed by atoms with E-state index >= 15 is 0 Å². The number of amides is 1. The van der Waals surface area contributed by atoms with Crippen molar-refractivity contribution in [1.29, 1.82) is 0 Å². The van der Waals surface area contributed by atoms with Crippen LogP contribution in [0.25, 0.3) is 0 Å². The largest absolute Gasteiger partial charge is 0.395 e. The molecular weight excluding hydrogens is 290 g/mol. The summed E-state index contributed by atoms with van der Waals surface area (Å²) in [7, 11) is 0. The summed E-state index contributed by atoms with van der Waals surface area (Å²) in [5.74, 6) is 0.154. The van der Waals surface area contributed by atoms with E-state index < -0.39 is 0 Å². The number of nitrogens with zero attached hydrogens (tertiary/aromatic N) is 2. The molecule has 2 saturated heterocycles. The summed E-state index contributed by atoms with van der Waals surface area (Å²) < 4.78 is 0. The fourth-order valence-corrected chi connectivity index (χ4v) is 3.74. The molecule has 2 fully saturated rings. The number of hydrogen-bond donors (Lipinski definition) is 2. The van der Waals surface area contributed by atoms with Crippen molar-refractivity contribution in [2.24, 2.45) is 5.41 Å². The highest BCUT2D eigenvalue weighted by molar-refractivity contribution is 5.78. The van der Waals surface area contributed by atoms with Gasteiger partial charge in [-0.3, -0.25) is 14.6 Å². The topological polar surface area (TPSA) is 55.8 Å². The zero-order valence-electron chi connectivity index (χ0n) is 15.2. The van der Waals surface area contributed by atoms with Crippen LogP contribution in [0.3, 0.4) is 0 Å². The van der Waals surface area contributed by atoms with Crippen LogP contribution in [-0.4, -0.2) is 72.2 Å². The van der Waals surface area contributed by atoms with Gasteiger partial charge in [0.05, 0.1) is 13.2 Å². The van der Waals surface area contributed by atoms with Crippen LogP contribution in [0.15, 0.2) is 0 Å². The van der Waals surface area contributed by atoms with Gasteiger partial charge in [0.15, 0.2) is 0 Å². The van der Waals surface area contributed by atoms with Crippen molar-refractivity contribution in [1.82, 2.24) is 15.1 Å². The molecule has 2 aliphatic rings. The van der Waals surface area contributed by atoms with Gasteiger partial charge in [-0.15, -0.1) is 0 Å². The molecule has 0 bridgehead atoms. The first-order chi connectivity index (χ1) is 10.9. The van der Waals surface area contributed by atoms with E-state index in [2.05, 4.69) is 35.9 Å². The van der Waals surface area contributed by atoms with Crippen LogP contribution in [-0.2, 0) is 4.79 Å². The summed E-state index contributed by atoms with van der Waals surface area (Å²) in [5.41, 5.74) is 0.262. The fourth-order valence-electron chi connectivity index (χ4n) is 3.74. The lowest BCUT2D eigenvalue weighted by Crippen LogP contribution is -2.46. The van der Waals surface area contributed by atoms with Crippen LogP contribution in [0.5, 0.6) is 0 Å². The summed E-state index contributed by atoms with van der Waals surface area (Å²) in [4.78, 5) is 16.9. The first-order valence-corrected chi connectivity index (χ1v) is 9.25. The number of aliphatic hydroxyl groups is 1. The molecule has 0 aromatic carbocycles. The van der Waals surface area contributed by atoms with E-state index in [0.29, 0.717) is 18.6 Å². The fraction of sp³-hybridized carbons (Fsp3) is 0.944. The standard InChI is InChI=1S/C18H35N3O2/c1-18(2,3)8-9-19-17(23)13-21-11-4-6-15(21)12-20-10-5-7-16(20)14-22/h15-16,22H,4-14H2,1-3H3,(H,19,23). The van der Waals surface area contributed by atoms with Crippen molar-refractivity contribution in [2.45, 2.75) is 65.0 Å². The maximum absolute atomic E-state index is 12.2. The zero-order chi connectivity index (χ0) is 16.9. The van der Waals surface area contributed by atoms with Gasteiger partial charge in [-0.1, -0.05) is 20.8 Å². The van der Waals surface area contributed by atoms with Crippen molar-refractivity contribution in [3.05, 3.63) is 0 Å². The number of rotatable bonds is 7. The molecule has 5 heteroatoms. The average Bonchev–Trinajstić information content (AvgIpc) is 3.07. The summed E-state index contributed by atoms with van der Waals surface area (Å²) in [5, 5.41) is 12.5. The van der Waals surface area contributed by atoms with E-state index in [1.165, 1.54) is 19.3 Å². The Labute approximate surface area is 141 Å². The summed E-state index contributed by atoms with van der Waals surface area (Å²) in [6, 6.07) is 0.800. The quantitative estimate of drug-likeness (QED) is 0.744. The van der Waals surface area contributed by atoms with Gasteiger partial charge in [0.2, 0.25) is 5.91 Å². The van der Waals surface area contributed by atoms with Crippen molar-refractivity contribution >= 4 is 5.91 Å². The number of nitrogens with one attached hydrogen (secondary N) is 1. The maximum atomic E-state index is 12.2. The van der Waals surface area contributed by atoms with Crippen LogP contribution in [0, 0.1) is 5.41 Å². The molecule has 0 aromatic rings. The Morgan fingerprint density at radius 3 is 2.43 bits per heavy atom. The lowest BCUT2D eigenvalue weighted by atomic mass is 9.92. The Morgan fingerprint density at radius 1 is 1.13 bits per heavy atom. The molecule has 23 heavy (non-hydrogen) atoms. The minimum atomic E-state index is 0.154. The van der Waals surface area contributed by atoms with Gasteiger partial charge in [0.1, 0.15) is 0 Å². The number of hydrogen-bond acceptors (Lipinski definition) is 4. The molecule has 2 rings (SSSR count). The zero-order valence-corrected chi connectivity index (χ0v) is 15.2. The van der Waals surface area contributed by atoms with Gasteiger partial charge in [0, 0.05) is 25.2 Å². The van der Waals surface area contributed by atoms with E-state index in [-0.39, 0.29) is 17.9 Å². The van der Waals surface area contributed by atoms with Crippen molar-refractivity contribution < 1.29 is 9.90 Å². The third-order valence-electron chi connectivity index (χ3n) is 5.20. The van der Waals surface area contributed by atoms with Gasteiger partial charge in [0.25, 0.3) is 0 Å². The van der Waals surface area contributed by atoms with Crippen LogP contribution in [0.1, 0.15) is 52.9 Å². The first-order valence-electron chi connectivity index (χ1n) is 9.25. The SMILES string of the molecule is CC(C)(C)CCNC(=O)CN1CCCC1CN1CCCC1CO. The molecule has 2 atom stereocenters. The van der Waals surface area contributed by atoms with Gasteiger partial charge in [-0.25, -0.2) is 0 Å². The van der Waals surface area contributed by atoms with Gasteiger partial charge < -0.3 is 10.4 Å². The average molecular weight is 325 g/mol. The van der Waals surface area contributed by atoms with Crippen molar-refractivity contribution in [3.63, 3.8) is 0 Å². The molecule has 1 amide bonds. The van der Waals surface area contributed by atoms with Crippen LogP contribution < -0.4 is 5.32 Å². The molecule has 0 saturated carbocycles. The minimum absolute atomic E-state index is 0.154. The van der Waals surface area contributed by atoms with Crippen LogP contribution >= 0.6 is 0 Å². The molecule has 0 spiro atoms. The van der Waals surface area contributed by atoms with Crippen molar-refractivity contribution in [3.8, 4) is 0 Å². The highest BCUT2D eigenvalue weighted by Crippen LogP contribution is 2.23. The first kappa shape index (κ1) is 18.7. The predicted octanol–water partition coefficient (Wildman–Crippen LogP) is 1.46. The molecule has 5 nitrogen and oxygen atoms in total. The smallest absolute Gasteiger partial charge is 0.234 e. The van der Waals surface area contributed by atoms with Crippen molar-refractivity contribution in [2.75, 3.05) is 39.3 Å². The van der Waals surface area contributed by atoms with E-state index in [0.717, 1.165) is 39.0 Å². The summed E-state index contributed by atoms with van der Waals surface area (Å²) >= 11 is 0. The molecule has 2 N–H and O–H groups in total. The number of carbonyl (C=O) groups is 1. The van der Waals surface area contributed by atoms with Crippen LogP contribution in [0.4, 0.5) is 0 Å². The second kappa shape index (κ2) is 8.45. The highest BCUT2D eigenvalue weighted by Gasteiger charge is 2.31. The van der Waals surface area contributed by atoms with Gasteiger partial charge in [-0.05, 0) is 50.6 Å². The number of aliphatic hydroxyl groups excluding tert-OH is 1. The number of carbonyl (C=O) groups excluding carboxylic acids is 1. The van der Waals surface area contributed by atoms with Gasteiger partial charge in [-0.2, -0.15) is 0 Å². The lowest BCUT2D eigenvalue weighted by molar-refractivity contribution is -0.122. The van der Waals surface area contributed by atoms with E-state index in [4.69, 9.17) is 0 Å². The Bertz CT molecular complexity index is 381. The molecule has 0 radical (unpaired) electrons. The molecule has 2 aliphatic heterocycles. The maximum Gasteiger partial charge on any atom is 0.234 e. The highest BCUT2D eigenvalue weighted by atomic mass is 16.3. The van der Waals surface area contributed by atoms with Crippen LogP contribution in [0.2, 0.25) is 0 Å². The molecule has 134 valence electrons. The molecule has 2 unspecified atom stereocenters. The second-order valence-electron chi connectivity index (χ2n) is 8.40.